The molecule has 1 unspecified atom stereocenters. The fourth-order valence-electron chi connectivity index (χ4n) is 4.77. The van der Waals surface area contributed by atoms with E-state index in [4.69, 9.17) is 21.7 Å². The second-order valence-electron chi connectivity index (χ2n) is 10.3. The summed E-state index contributed by atoms with van der Waals surface area (Å²) in [5.74, 6) is -0.772. The van der Waals surface area contributed by atoms with Gasteiger partial charge >= 0.3 is 5.97 Å². The second-order valence-corrected chi connectivity index (χ2v) is 12.9. The SMILES string of the molecule is COC(=O)c1c(NC(=O)C(Sc2cccc(NC(=S)Nc3ccccc3OC)c2)c2ccccc2)sc(C(=O)Nc2ccccc2)c1C. The summed E-state index contributed by atoms with van der Waals surface area (Å²) in [6.07, 6.45) is 0. The van der Waals surface area contributed by atoms with Crippen molar-refractivity contribution in [1.29, 1.82) is 0 Å². The first kappa shape index (κ1) is 34.2. The molecule has 4 aromatic carbocycles. The Morgan fingerprint density at radius 1 is 0.771 bits per heavy atom. The maximum absolute atomic E-state index is 14.1. The number of ether oxygens (including phenoxy) is 2. The van der Waals surface area contributed by atoms with Crippen molar-refractivity contribution in [3.63, 3.8) is 0 Å². The van der Waals surface area contributed by atoms with Gasteiger partial charge in [0.2, 0.25) is 5.91 Å². The zero-order valence-corrected chi connectivity index (χ0v) is 28.7. The van der Waals surface area contributed by atoms with E-state index >= 15 is 0 Å². The zero-order valence-electron chi connectivity index (χ0n) is 26.2. The maximum atomic E-state index is 14.1. The maximum Gasteiger partial charge on any atom is 0.341 e. The van der Waals surface area contributed by atoms with Gasteiger partial charge in [0.1, 0.15) is 16.0 Å². The van der Waals surface area contributed by atoms with E-state index in [9.17, 15) is 14.4 Å². The highest BCUT2D eigenvalue weighted by Gasteiger charge is 2.29. The molecule has 0 aliphatic rings. The van der Waals surface area contributed by atoms with Crippen LogP contribution in [0.5, 0.6) is 5.75 Å². The lowest BCUT2D eigenvalue weighted by atomic mass is 10.1. The molecule has 5 rings (SSSR count). The van der Waals surface area contributed by atoms with Gasteiger partial charge in [-0.1, -0.05) is 66.7 Å². The van der Waals surface area contributed by atoms with Crippen LogP contribution in [0.4, 0.5) is 22.1 Å². The Labute approximate surface area is 292 Å². The molecule has 0 saturated carbocycles. The molecule has 244 valence electrons. The largest absolute Gasteiger partial charge is 0.495 e. The first-order valence-corrected chi connectivity index (χ1v) is 16.8. The predicted octanol–water partition coefficient (Wildman–Crippen LogP) is 8.39. The van der Waals surface area contributed by atoms with Crippen LogP contribution in [-0.2, 0) is 9.53 Å². The minimum Gasteiger partial charge on any atom is -0.495 e. The number of rotatable bonds is 11. The first-order valence-electron chi connectivity index (χ1n) is 14.7. The molecule has 0 spiro atoms. The number of nitrogens with one attached hydrogen (secondary N) is 4. The van der Waals surface area contributed by atoms with Crippen LogP contribution in [0.15, 0.2) is 114 Å². The van der Waals surface area contributed by atoms with E-state index in [1.165, 1.54) is 18.9 Å². The number of thiocarbonyl (C=S) groups is 1. The van der Waals surface area contributed by atoms with Gasteiger partial charge in [-0.05, 0) is 72.7 Å². The molecule has 0 radical (unpaired) electrons. The van der Waals surface area contributed by atoms with Gasteiger partial charge in [0.15, 0.2) is 5.11 Å². The molecule has 0 saturated heterocycles. The van der Waals surface area contributed by atoms with Crippen molar-refractivity contribution < 1.29 is 23.9 Å². The summed E-state index contributed by atoms with van der Waals surface area (Å²) in [5, 5.41) is 12.0. The van der Waals surface area contributed by atoms with E-state index in [2.05, 4.69) is 21.3 Å². The average molecular weight is 697 g/mol. The van der Waals surface area contributed by atoms with Crippen molar-refractivity contribution in [3.05, 3.63) is 131 Å². The standard InChI is InChI=1S/C36H32N4O5S3/c1-22-29(35(43)45-3)34(48-30(22)32(41)37-24-15-8-5-9-16-24)40-33(42)31(23-13-6-4-7-14-23)47-26-18-12-17-25(21-26)38-36(46)39-27-19-10-11-20-28(27)44-2/h4-21,31H,1-3H3,(H,37,41)(H,40,42)(H2,38,39,46). The number of amides is 2. The number of thiophene rings is 1. The van der Waals surface area contributed by atoms with Crippen molar-refractivity contribution in [2.24, 2.45) is 0 Å². The molecule has 0 aliphatic heterocycles. The van der Waals surface area contributed by atoms with Crippen molar-refractivity contribution >= 4 is 80.3 Å². The minimum atomic E-state index is -0.713. The molecule has 9 nitrogen and oxygen atoms in total. The lowest BCUT2D eigenvalue weighted by Gasteiger charge is -2.18. The van der Waals surface area contributed by atoms with Crippen LogP contribution in [0.25, 0.3) is 0 Å². The smallest absolute Gasteiger partial charge is 0.341 e. The number of carbonyl (C=O) groups is 3. The second kappa shape index (κ2) is 16.1. The molecule has 4 N–H and O–H groups in total. The molecule has 0 fully saturated rings. The molecule has 1 aromatic heterocycles. The molecule has 2 amide bonds. The number of hydrogen-bond donors (Lipinski definition) is 4. The monoisotopic (exact) mass is 696 g/mol. The summed E-state index contributed by atoms with van der Waals surface area (Å²) < 4.78 is 10.4. The van der Waals surface area contributed by atoms with Crippen molar-refractivity contribution in [2.75, 3.05) is 35.5 Å². The summed E-state index contributed by atoms with van der Waals surface area (Å²) in [6, 6.07) is 33.3. The van der Waals surface area contributed by atoms with Crippen LogP contribution >= 0.6 is 35.3 Å². The normalized spacial score (nSPS) is 11.1. The molecular formula is C36H32N4O5S3. The van der Waals surface area contributed by atoms with E-state index < -0.39 is 17.1 Å². The van der Waals surface area contributed by atoms with Crippen LogP contribution in [0, 0.1) is 6.92 Å². The summed E-state index contributed by atoms with van der Waals surface area (Å²) >= 11 is 7.90. The molecule has 48 heavy (non-hydrogen) atoms. The van der Waals surface area contributed by atoms with E-state index in [0.717, 1.165) is 33.2 Å². The van der Waals surface area contributed by atoms with Crippen LogP contribution in [-0.4, -0.2) is 37.1 Å². The van der Waals surface area contributed by atoms with Crippen LogP contribution < -0.4 is 26.0 Å². The third-order valence-electron chi connectivity index (χ3n) is 7.05. The number of methoxy groups -OCH3 is 2. The molecule has 1 atom stereocenters. The van der Waals surface area contributed by atoms with Crippen LogP contribution in [0.2, 0.25) is 0 Å². The van der Waals surface area contributed by atoms with Crippen molar-refractivity contribution in [2.45, 2.75) is 17.1 Å². The third kappa shape index (κ3) is 8.40. The Kier molecular flexibility index (Phi) is 11.5. The van der Waals surface area contributed by atoms with E-state index in [-0.39, 0.29) is 21.3 Å². The molecular weight excluding hydrogens is 665 g/mol. The Morgan fingerprint density at radius 2 is 1.44 bits per heavy atom. The number of para-hydroxylation sites is 3. The molecule has 0 bridgehead atoms. The van der Waals surface area contributed by atoms with Crippen LogP contribution in [0.3, 0.4) is 0 Å². The highest BCUT2D eigenvalue weighted by Crippen LogP contribution is 2.40. The number of anilines is 4. The van der Waals surface area contributed by atoms with E-state index in [1.807, 2.05) is 97.1 Å². The lowest BCUT2D eigenvalue weighted by Crippen LogP contribution is -2.20. The van der Waals surface area contributed by atoms with Gasteiger partial charge in [0.25, 0.3) is 5.91 Å². The Balaban J connectivity index is 1.38. The van der Waals surface area contributed by atoms with Gasteiger partial charge in [0.05, 0.1) is 30.3 Å². The summed E-state index contributed by atoms with van der Waals surface area (Å²) in [4.78, 5) is 41.3. The Bertz CT molecular complexity index is 1930. The number of hydrogen-bond acceptors (Lipinski definition) is 8. The number of esters is 1. The van der Waals surface area contributed by atoms with Gasteiger partial charge in [-0.2, -0.15) is 0 Å². The number of thioether (sulfide) groups is 1. The van der Waals surface area contributed by atoms with E-state index in [0.29, 0.717) is 22.1 Å². The van der Waals surface area contributed by atoms with Gasteiger partial charge in [-0.25, -0.2) is 4.79 Å². The van der Waals surface area contributed by atoms with Gasteiger partial charge < -0.3 is 30.7 Å². The third-order valence-corrected chi connectivity index (χ3v) is 9.71. The van der Waals surface area contributed by atoms with Crippen molar-refractivity contribution in [3.8, 4) is 5.75 Å². The fraction of sp³-hybridized carbons (Fsp3) is 0.111. The summed E-state index contributed by atoms with van der Waals surface area (Å²) in [6.45, 7) is 1.66. The van der Waals surface area contributed by atoms with Crippen molar-refractivity contribution in [1.82, 2.24) is 0 Å². The fourth-order valence-corrected chi connectivity index (χ4v) is 7.17. The molecule has 0 aliphatic carbocycles. The van der Waals surface area contributed by atoms with E-state index in [1.54, 1.807) is 26.2 Å². The Hall–Kier alpha value is -5.17. The quantitative estimate of drug-likeness (QED) is 0.0614. The first-order chi connectivity index (χ1) is 23.3. The topological polar surface area (TPSA) is 118 Å². The van der Waals surface area contributed by atoms with Gasteiger partial charge in [-0.3, -0.25) is 9.59 Å². The highest BCUT2D eigenvalue weighted by molar-refractivity contribution is 8.00. The average Bonchev–Trinajstić information content (AvgIpc) is 3.43. The molecule has 1 heterocycles. The zero-order chi connectivity index (χ0) is 34.0. The number of carbonyl (C=O) groups excluding carboxylic acids is 3. The minimum absolute atomic E-state index is 0.133. The molecule has 5 aromatic rings. The summed E-state index contributed by atoms with van der Waals surface area (Å²) in [5.41, 5.74) is 3.34. The molecule has 12 heteroatoms. The highest BCUT2D eigenvalue weighted by atomic mass is 32.2. The van der Waals surface area contributed by atoms with Gasteiger partial charge in [-0.15, -0.1) is 23.1 Å². The number of benzene rings is 4. The predicted molar refractivity (Wildman–Crippen MR) is 198 cm³/mol. The van der Waals surface area contributed by atoms with Crippen LogP contribution in [0.1, 0.15) is 36.4 Å². The Morgan fingerprint density at radius 3 is 2.15 bits per heavy atom. The van der Waals surface area contributed by atoms with Gasteiger partial charge in [0, 0.05) is 16.3 Å². The summed E-state index contributed by atoms with van der Waals surface area (Å²) in [7, 11) is 2.85. The lowest BCUT2D eigenvalue weighted by molar-refractivity contribution is -0.115.